The molecule has 0 bridgehead atoms. The number of benzene rings is 1. The molecule has 1 fully saturated rings. The minimum Gasteiger partial charge on any atom is -0.378 e. The third kappa shape index (κ3) is 4.06. The van der Waals surface area contributed by atoms with Crippen LogP contribution in [0.5, 0.6) is 0 Å². The molecule has 4 heteroatoms. The van der Waals surface area contributed by atoms with Gasteiger partial charge in [0.05, 0.1) is 11.9 Å². The Morgan fingerprint density at radius 2 is 2.18 bits per heavy atom. The van der Waals surface area contributed by atoms with Gasteiger partial charge in [-0.15, -0.1) is 11.8 Å². The summed E-state index contributed by atoms with van der Waals surface area (Å²) in [5.74, 6) is 0.0591. The Bertz CT molecular complexity index is 372. The topological polar surface area (TPSA) is 52.3 Å². The lowest BCUT2D eigenvalue weighted by Crippen LogP contribution is -2.12. The third-order valence-electron chi connectivity index (χ3n) is 2.79. The van der Waals surface area contributed by atoms with Crippen molar-refractivity contribution in [1.82, 2.24) is 0 Å². The minimum absolute atomic E-state index is 0.279. The summed E-state index contributed by atoms with van der Waals surface area (Å²) < 4.78 is 5.60. The summed E-state index contributed by atoms with van der Waals surface area (Å²) >= 11 is 1.47. The molecular weight excluding hydrogens is 234 g/mol. The first kappa shape index (κ1) is 12.5. The van der Waals surface area contributed by atoms with Crippen LogP contribution in [0.25, 0.3) is 0 Å². The zero-order chi connectivity index (χ0) is 12.1. The van der Waals surface area contributed by atoms with Gasteiger partial charge >= 0.3 is 0 Å². The van der Waals surface area contributed by atoms with Gasteiger partial charge in [-0.3, -0.25) is 4.79 Å². The lowest BCUT2D eigenvalue weighted by molar-refractivity contribution is -0.115. The van der Waals surface area contributed by atoms with E-state index in [0.29, 0.717) is 11.9 Å². The molecule has 92 valence electrons. The summed E-state index contributed by atoms with van der Waals surface area (Å²) in [6.45, 7) is 0.900. The first-order valence-corrected chi connectivity index (χ1v) is 6.84. The number of hydrogen-bond donors (Lipinski definition) is 1. The molecule has 1 aliphatic rings. The number of primary amides is 1. The van der Waals surface area contributed by atoms with Crippen LogP contribution in [0, 0.1) is 0 Å². The van der Waals surface area contributed by atoms with Crippen LogP contribution in [-0.2, 0) is 16.0 Å². The fraction of sp³-hybridized carbons (Fsp3) is 0.462. The number of rotatable bonds is 5. The molecule has 2 rings (SSSR count). The van der Waals surface area contributed by atoms with Crippen LogP contribution in [-0.4, -0.2) is 24.4 Å². The lowest BCUT2D eigenvalue weighted by Gasteiger charge is -2.09. The smallest absolute Gasteiger partial charge is 0.227 e. The van der Waals surface area contributed by atoms with Gasteiger partial charge in [-0.05, 0) is 37.0 Å². The van der Waals surface area contributed by atoms with E-state index < -0.39 is 0 Å². The summed E-state index contributed by atoms with van der Waals surface area (Å²) in [7, 11) is 0. The van der Waals surface area contributed by atoms with E-state index in [1.165, 1.54) is 23.7 Å². The number of hydrogen-bond acceptors (Lipinski definition) is 3. The molecule has 1 aliphatic heterocycles. The summed E-state index contributed by atoms with van der Waals surface area (Å²) in [6.07, 6.45) is 3.72. The molecule has 1 aromatic rings. The standard InChI is InChI=1S/C13H17NO2S/c14-13(15)9-17-12-5-3-10(4-6-12)8-11-2-1-7-16-11/h3-6,11H,1-2,7-9H2,(H2,14,15)/t11-/m1/s1. The Morgan fingerprint density at radius 1 is 1.41 bits per heavy atom. The highest BCUT2D eigenvalue weighted by Crippen LogP contribution is 2.21. The summed E-state index contributed by atoms with van der Waals surface area (Å²) in [5, 5.41) is 0. The maximum absolute atomic E-state index is 10.7. The van der Waals surface area contributed by atoms with Gasteiger partial charge in [0, 0.05) is 11.5 Å². The van der Waals surface area contributed by atoms with E-state index >= 15 is 0 Å². The summed E-state index contributed by atoms with van der Waals surface area (Å²) in [6, 6.07) is 8.28. The van der Waals surface area contributed by atoms with Gasteiger partial charge in [0.1, 0.15) is 0 Å². The molecule has 1 heterocycles. The average molecular weight is 251 g/mol. The first-order valence-electron chi connectivity index (χ1n) is 5.85. The monoisotopic (exact) mass is 251 g/mol. The average Bonchev–Trinajstić information content (AvgIpc) is 2.81. The van der Waals surface area contributed by atoms with Gasteiger partial charge in [0.25, 0.3) is 0 Å². The normalized spacial score (nSPS) is 19.4. The Labute approximate surface area is 106 Å². The van der Waals surface area contributed by atoms with Crippen LogP contribution >= 0.6 is 11.8 Å². The third-order valence-corrected chi connectivity index (χ3v) is 3.83. The predicted octanol–water partition coefficient (Wildman–Crippen LogP) is 1.99. The van der Waals surface area contributed by atoms with E-state index in [-0.39, 0.29) is 5.91 Å². The fourth-order valence-electron chi connectivity index (χ4n) is 1.94. The summed E-state index contributed by atoms with van der Waals surface area (Å²) in [5.41, 5.74) is 6.39. The number of nitrogens with two attached hydrogens (primary N) is 1. The molecule has 0 aromatic heterocycles. The molecule has 1 atom stereocenters. The highest BCUT2D eigenvalue weighted by Gasteiger charge is 2.15. The lowest BCUT2D eigenvalue weighted by atomic mass is 10.1. The van der Waals surface area contributed by atoms with Crippen molar-refractivity contribution < 1.29 is 9.53 Å². The molecule has 3 nitrogen and oxygen atoms in total. The van der Waals surface area contributed by atoms with Crippen molar-refractivity contribution in [2.24, 2.45) is 5.73 Å². The van der Waals surface area contributed by atoms with Crippen molar-refractivity contribution in [3.8, 4) is 0 Å². The number of thioether (sulfide) groups is 1. The summed E-state index contributed by atoms with van der Waals surface area (Å²) in [4.78, 5) is 11.7. The largest absolute Gasteiger partial charge is 0.378 e. The molecule has 1 aromatic carbocycles. The Morgan fingerprint density at radius 3 is 2.76 bits per heavy atom. The van der Waals surface area contributed by atoms with Crippen molar-refractivity contribution in [1.29, 1.82) is 0 Å². The number of carbonyl (C=O) groups is 1. The zero-order valence-electron chi connectivity index (χ0n) is 9.72. The van der Waals surface area contributed by atoms with Crippen molar-refractivity contribution in [2.45, 2.75) is 30.3 Å². The minimum atomic E-state index is -0.279. The Balaban J connectivity index is 1.86. The van der Waals surface area contributed by atoms with E-state index in [1.807, 2.05) is 12.1 Å². The quantitative estimate of drug-likeness (QED) is 0.814. The van der Waals surface area contributed by atoms with Crippen molar-refractivity contribution >= 4 is 17.7 Å². The second-order valence-corrected chi connectivity index (χ2v) is 5.29. The molecule has 0 saturated carbocycles. The van der Waals surface area contributed by atoms with E-state index in [9.17, 15) is 4.79 Å². The van der Waals surface area contributed by atoms with E-state index in [1.54, 1.807) is 0 Å². The molecule has 0 spiro atoms. The maximum Gasteiger partial charge on any atom is 0.227 e. The van der Waals surface area contributed by atoms with Crippen LogP contribution in [0.4, 0.5) is 0 Å². The van der Waals surface area contributed by atoms with Gasteiger partial charge in [0.2, 0.25) is 5.91 Å². The van der Waals surface area contributed by atoms with Gasteiger partial charge in [-0.25, -0.2) is 0 Å². The van der Waals surface area contributed by atoms with Crippen molar-refractivity contribution in [3.05, 3.63) is 29.8 Å². The maximum atomic E-state index is 10.7. The molecule has 0 aliphatic carbocycles. The second-order valence-electron chi connectivity index (χ2n) is 4.24. The number of carbonyl (C=O) groups excluding carboxylic acids is 1. The van der Waals surface area contributed by atoms with Crippen molar-refractivity contribution in [3.63, 3.8) is 0 Å². The van der Waals surface area contributed by atoms with E-state index in [0.717, 1.165) is 24.3 Å². The Hall–Kier alpha value is -1.00. The molecular formula is C13H17NO2S. The molecule has 0 radical (unpaired) electrons. The van der Waals surface area contributed by atoms with Crippen LogP contribution < -0.4 is 5.73 Å². The van der Waals surface area contributed by atoms with Gasteiger partial charge in [0.15, 0.2) is 0 Å². The molecule has 2 N–H and O–H groups in total. The SMILES string of the molecule is NC(=O)CSc1ccc(C[C@H]2CCCO2)cc1. The molecule has 1 saturated heterocycles. The number of amides is 1. The molecule has 0 unspecified atom stereocenters. The van der Waals surface area contributed by atoms with E-state index in [2.05, 4.69) is 12.1 Å². The highest BCUT2D eigenvalue weighted by atomic mass is 32.2. The first-order chi connectivity index (χ1) is 8.24. The predicted molar refractivity (Wildman–Crippen MR) is 69.0 cm³/mol. The zero-order valence-corrected chi connectivity index (χ0v) is 10.5. The fourth-order valence-corrected chi connectivity index (χ4v) is 2.58. The second kappa shape index (κ2) is 6.07. The van der Waals surface area contributed by atoms with E-state index in [4.69, 9.17) is 10.5 Å². The number of ether oxygens (including phenoxy) is 1. The van der Waals surface area contributed by atoms with Crippen LogP contribution in [0.3, 0.4) is 0 Å². The van der Waals surface area contributed by atoms with Crippen molar-refractivity contribution in [2.75, 3.05) is 12.4 Å². The van der Waals surface area contributed by atoms with Gasteiger partial charge < -0.3 is 10.5 Å². The van der Waals surface area contributed by atoms with Crippen LogP contribution in [0.15, 0.2) is 29.2 Å². The highest BCUT2D eigenvalue weighted by molar-refractivity contribution is 8.00. The van der Waals surface area contributed by atoms with Crippen LogP contribution in [0.2, 0.25) is 0 Å². The van der Waals surface area contributed by atoms with Gasteiger partial charge in [-0.2, -0.15) is 0 Å². The van der Waals surface area contributed by atoms with Gasteiger partial charge in [-0.1, -0.05) is 12.1 Å². The molecule has 17 heavy (non-hydrogen) atoms. The molecule has 1 amide bonds. The van der Waals surface area contributed by atoms with Crippen LogP contribution in [0.1, 0.15) is 18.4 Å². The Kier molecular flexibility index (Phi) is 4.45.